The maximum absolute atomic E-state index is 13.5. The lowest BCUT2D eigenvalue weighted by Crippen LogP contribution is -2.25. The number of ketones is 1. The first-order valence-electron chi connectivity index (χ1n) is 11.7. The van der Waals surface area contributed by atoms with Gasteiger partial charge in [0.25, 0.3) is 0 Å². The molecule has 2 heterocycles. The highest BCUT2D eigenvalue weighted by atomic mass is 35.5. The maximum atomic E-state index is 13.5. The van der Waals surface area contributed by atoms with E-state index in [2.05, 4.69) is 5.32 Å². The van der Waals surface area contributed by atoms with Crippen molar-refractivity contribution in [1.82, 2.24) is 4.57 Å². The third kappa shape index (κ3) is 5.01. The Bertz CT molecular complexity index is 1590. The Morgan fingerprint density at radius 2 is 1.58 bits per heavy atom. The number of rotatable bonds is 7. The number of pyridine rings is 1. The highest BCUT2D eigenvalue weighted by molar-refractivity contribution is 6.30. The monoisotopic (exact) mass is 534 g/mol. The molecule has 5 rings (SSSR count). The molecule has 1 aliphatic rings. The normalized spacial score (nSPS) is 12.2. The van der Waals surface area contributed by atoms with Gasteiger partial charge < -0.3 is 28.8 Å². The van der Waals surface area contributed by atoms with Crippen molar-refractivity contribution < 1.29 is 28.5 Å². The van der Waals surface area contributed by atoms with Gasteiger partial charge in [0, 0.05) is 46.7 Å². The quantitative estimate of drug-likeness (QED) is 0.352. The van der Waals surface area contributed by atoms with Gasteiger partial charge in [-0.15, -0.1) is 0 Å². The zero-order valence-corrected chi connectivity index (χ0v) is 21.3. The van der Waals surface area contributed by atoms with Crippen LogP contribution >= 0.6 is 11.6 Å². The van der Waals surface area contributed by atoms with E-state index in [-0.39, 0.29) is 17.5 Å². The van der Waals surface area contributed by atoms with E-state index in [0.29, 0.717) is 58.0 Å². The molecular formula is C28H23ClN2O7. The first kappa shape index (κ1) is 25.2. The van der Waals surface area contributed by atoms with Crippen molar-refractivity contribution in [3.63, 3.8) is 0 Å². The molecule has 1 amide bonds. The number of ether oxygens (including phenoxy) is 4. The van der Waals surface area contributed by atoms with Gasteiger partial charge in [0.1, 0.15) is 31.3 Å². The third-order valence-electron chi connectivity index (χ3n) is 6.04. The Labute approximate surface area is 222 Å². The molecule has 3 aromatic carbocycles. The zero-order chi connectivity index (χ0) is 26.8. The molecule has 0 unspecified atom stereocenters. The van der Waals surface area contributed by atoms with Crippen LogP contribution in [-0.4, -0.2) is 43.7 Å². The Balaban J connectivity index is 1.57. The molecule has 10 heteroatoms. The van der Waals surface area contributed by atoms with Gasteiger partial charge in [-0.2, -0.15) is 0 Å². The Morgan fingerprint density at radius 3 is 2.21 bits per heavy atom. The van der Waals surface area contributed by atoms with Crippen LogP contribution in [0.4, 0.5) is 5.69 Å². The molecule has 1 aliphatic heterocycles. The number of halogens is 1. The summed E-state index contributed by atoms with van der Waals surface area (Å²) in [5, 5.41) is 3.51. The molecule has 9 nitrogen and oxygen atoms in total. The van der Waals surface area contributed by atoms with Gasteiger partial charge in [0.05, 0.1) is 30.7 Å². The van der Waals surface area contributed by atoms with Crippen LogP contribution in [-0.2, 0) is 11.3 Å². The van der Waals surface area contributed by atoms with Crippen molar-refractivity contribution in [3.8, 4) is 23.0 Å². The third-order valence-corrected chi connectivity index (χ3v) is 6.30. The van der Waals surface area contributed by atoms with Crippen LogP contribution in [0.15, 0.2) is 65.6 Å². The summed E-state index contributed by atoms with van der Waals surface area (Å²) in [5.74, 6) is 0.976. The summed E-state index contributed by atoms with van der Waals surface area (Å²) < 4.78 is 23.4. The van der Waals surface area contributed by atoms with Gasteiger partial charge in [0.2, 0.25) is 11.3 Å². The molecule has 0 bridgehead atoms. The summed E-state index contributed by atoms with van der Waals surface area (Å²) in [5.41, 5.74) is 0.606. The van der Waals surface area contributed by atoms with Crippen molar-refractivity contribution in [2.45, 2.75) is 6.54 Å². The Hall–Kier alpha value is -4.50. The number of amides is 1. The van der Waals surface area contributed by atoms with Crippen molar-refractivity contribution in [1.29, 1.82) is 0 Å². The molecule has 0 radical (unpaired) electrons. The van der Waals surface area contributed by atoms with E-state index < -0.39 is 17.1 Å². The van der Waals surface area contributed by atoms with Crippen LogP contribution in [0.5, 0.6) is 23.0 Å². The van der Waals surface area contributed by atoms with E-state index in [1.165, 1.54) is 20.4 Å². The number of nitrogens with one attached hydrogen (secondary N) is 1. The Morgan fingerprint density at radius 1 is 0.947 bits per heavy atom. The summed E-state index contributed by atoms with van der Waals surface area (Å²) >= 11 is 5.96. The molecule has 194 valence electrons. The number of benzene rings is 3. The van der Waals surface area contributed by atoms with Crippen LogP contribution in [0.25, 0.3) is 10.9 Å². The van der Waals surface area contributed by atoms with Crippen molar-refractivity contribution >= 4 is 39.9 Å². The average Bonchev–Trinajstić information content (AvgIpc) is 2.93. The highest BCUT2D eigenvalue weighted by Gasteiger charge is 2.22. The fraction of sp³-hybridized carbons (Fsp3) is 0.179. The van der Waals surface area contributed by atoms with Crippen molar-refractivity contribution in [2.75, 3.05) is 32.8 Å². The van der Waals surface area contributed by atoms with Crippen LogP contribution in [0.1, 0.15) is 15.9 Å². The summed E-state index contributed by atoms with van der Waals surface area (Å²) in [6, 6.07) is 14.4. The Kier molecular flexibility index (Phi) is 6.93. The molecule has 0 saturated carbocycles. The SMILES string of the molecule is COc1cc(NC(=O)Cn2cc(C(=O)c3ccc(Cl)cc3)c(=O)c3cc4c(cc32)OCCO4)cc(OC)c1. The van der Waals surface area contributed by atoms with Gasteiger partial charge >= 0.3 is 0 Å². The zero-order valence-electron chi connectivity index (χ0n) is 20.6. The molecule has 0 atom stereocenters. The fourth-order valence-corrected chi connectivity index (χ4v) is 4.34. The van der Waals surface area contributed by atoms with E-state index in [1.54, 1.807) is 59.2 Å². The van der Waals surface area contributed by atoms with Crippen molar-refractivity contribution in [3.05, 3.63) is 87.2 Å². The number of fused-ring (bicyclic) bond motifs is 2. The van der Waals surface area contributed by atoms with Crippen LogP contribution in [0.2, 0.25) is 5.02 Å². The molecule has 1 aromatic heterocycles. The summed E-state index contributed by atoms with van der Waals surface area (Å²) in [6.45, 7) is 0.493. The smallest absolute Gasteiger partial charge is 0.244 e. The molecule has 1 N–H and O–H groups in total. The van der Waals surface area contributed by atoms with Gasteiger partial charge in [-0.05, 0) is 30.3 Å². The lowest BCUT2D eigenvalue weighted by Gasteiger charge is -2.20. The molecule has 0 saturated heterocycles. The number of methoxy groups -OCH3 is 2. The molecule has 4 aromatic rings. The lowest BCUT2D eigenvalue weighted by atomic mass is 10.0. The van der Waals surface area contributed by atoms with Gasteiger partial charge in [-0.25, -0.2) is 0 Å². The number of hydrogen-bond acceptors (Lipinski definition) is 7. The first-order valence-corrected chi connectivity index (χ1v) is 12.0. The van der Waals surface area contributed by atoms with E-state index in [0.717, 1.165) is 0 Å². The predicted molar refractivity (Wildman–Crippen MR) is 142 cm³/mol. The molecule has 0 aliphatic carbocycles. The standard InChI is InChI=1S/C28H23ClN2O7/c1-35-19-9-18(10-20(11-19)36-2)30-26(32)15-31-14-22(27(33)16-3-5-17(29)6-4-16)28(34)21-12-24-25(13-23(21)31)38-8-7-37-24/h3-6,9-14H,7-8,15H2,1-2H3,(H,30,32). The van der Waals surface area contributed by atoms with Crippen LogP contribution in [0, 0.1) is 0 Å². The number of aromatic nitrogens is 1. The second kappa shape index (κ2) is 10.5. The molecular weight excluding hydrogens is 512 g/mol. The predicted octanol–water partition coefficient (Wildman–Crippen LogP) is 4.31. The molecule has 0 fully saturated rings. The van der Waals surface area contributed by atoms with Crippen LogP contribution < -0.4 is 29.7 Å². The minimum atomic E-state index is -0.491. The average molecular weight is 535 g/mol. The number of anilines is 1. The number of hydrogen-bond donors (Lipinski definition) is 1. The largest absolute Gasteiger partial charge is 0.497 e. The van der Waals surface area contributed by atoms with E-state index in [4.69, 9.17) is 30.5 Å². The van der Waals surface area contributed by atoms with Crippen LogP contribution in [0.3, 0.4) is 0 Å². The van der Waals surface area contributed by atoms with Gasteiger partial charge in [-0.1, -0.05) is 11.6 Å². The minimum Gasteiger partial charge on any atom is -0.497 e. The molecule has 0 spiro atoms. The van der Waals surface area contributed by atoms with Crippen molar-refractivity contribution in [2.24, 2.45) is 0 Å². The fourth-order valence-electron chi connectivity index (χ4n) is 4.21. The minimum absolute atomic E-state index is 0.0904. The summed E-state index contributed by atoms with van der Waals surface area (Å²) in [4.78, 5) is 40.0. The maximum Gasteiger partial charge on any atom is 0.244 e. The number of carbonyl (C=O) groups is 2. The van der Waals surface area contributed by atoms with Gasteiger partial charge in [-0.3, -0.25) is 14.4 Å². The van der Waals surface area contributed by atoms with E-state index in [9.17, 15) is 14.4 Å². The first-order chi connectivity index (χ1) is 18.4. The second-order valence-electron chi connectivity index (χ2n) is 8.50. The summed E-state index contributed by atoms with van der Waals surface area (Å²) in [7, 11) is 3.02. The summed E-state index contributed by atoms with van der Waals surface area (Å²) in [6.07, 6.45) is 1.39. The molecule has 38 heavy (non-hydrogen) atoms. The lowest BCUT2D eigenvalue weighted by molar-refractivity contribution is -0.116. The van der Waals surface area contributed by atoms with Gasteiger partial charge in [0.15, 0.2) is 17.3 Å². The highest BCUT2D eigenvalue weighted by Crippen LogP contribution is 2.34. The van der Waals surface area contributed by atoms with E-state index >= 15 is 0 Å². The van der Waals surface area contributed by atoms with E-state index in [1.807, 2.05) is 0 Å². The topological polar surface area (TPSA) is 105 Å². The second-order valence-corrected chi connectivity index (χ2v) is 8.93. The number of nitrogens with zero attached hydrogens (tertiary/aromatic N) is 1. The number of carbonyl (C=O) groups excluding carboxylic acids is 2.